The summed E-state index contributed by atoms with van der Waals surface area (Å²) in [5.74, 6) is 1.22. The van der Waals surface area contributed by atoms with Crippen LogP contribution in [0.4, 0.5) is 5.82 Å². The molecular weight excluding hydrogens is 358 g/mol. The van der Waals surface area contributed by atoms with Gasteiger partial charge in [-0.25, -0.2) is 14.8 Å². The van der Waals surface area contributed by atoms with Crippen molar-refractivity contribution in [1.82, 2.24) is 9.97 Å². The van der Waals surface area contributed by atoms with Crippen LogP contribution in [0.15, 0.2) is 36.4 Å². The van der Waals surface area contributed by atoms with E-state index in [4.69, 9.17) is 19.4 Å². The summed E-state index contributed by atoms with van der Waals surface area (Å²) < 4.78 is 10.9. The lowest BCUT2D eigenvalue weighted by Gasteiger charge is -2.25. The Hall–Kier alpha value is -3.35. The Morgan fingerprint density at radius 1 is 1.11 bits per heavy atom. The Balaban J connectivity index is 1.71. The van der Waals surface area contributed by atoms with Crippen LogP contribution in [0.1, 0.15) is 30.1 Å². The number of benzene rings is 2. The number of aromatic nitrogens is 2. The molecule has 2 aliphatic heterocycles. The number of carboxylic acids is 1. The summed E-state index contributed by atoms with van der Waals surface area (Å²) >= 11 is 0. The van der Waals surface area contributed by atoms with Gasteiger partial charge in [-0.05, 0) is 56.2 Å². The van der Waals surface area contributed by atoms with Crippen LogP contribution in [-0.4, -0.2) is 40.4 Å². The summed E-state index contributed by atoms with van der Waals surface area (Å²) in [6, 6.07) is 11.0. The minimum absolute atomic E-state index is 0.207. The van der Waals surface area contributed by atoms with Gasteiger partial charge in [-0.3, -0.25) is 0 Å². The summed E-state index contributed by atoms with van der Waals surface area (Å²) in [5.41, 5.74) is 3.11. The van der Waals surface area contributed by atoms with Gasteiger partial charge in [0.2, 0.25) is 6.79 Å². The molecule has 0 aliphatic carbocycles. The number of rotatable bonds is 3. The highest BCUT2D eigenvalue weighted by Crippen LogP contribution is 2.39. The highest BCUT2D eigenvalue weighted by Gasteiger charge is 2.27. The number of hydrogen-bond acceptors (Lipinski definition) is 6. The molecular formula is C21H19N3O4. The Bertz CT molecular complexity index is 1100. The van der Waals surface area contributed by atoms with E-state index >= 15 is 0 Å². The molecule has 3 heterocycles. The van der Waals surface area contributed by atoms with Gasteiger partial charge in [0, 0.05) is 18.2 Å². The zero-order valence-corrected chi connectivity index (χ0v) is 15.4. The van der Waals surface area contributed by atoms with E-state index in [1.165, 1.54) is 0 Å². The van der Waals surface area contributed by atoms with E-state index in [0.717, 1.165) is 42.2 Å². The molecule has 7 nitrogen and oxygen atoms in total. The molecule has 0 amide bonds. The van der Waals surface area contributed by atoms with Crippen LogP contribution in [0.5, 0.6) is 11.5 Å². The quantitative estimate of drug-likeness (QED) is 0.745. The lowest BCUT2D eigenvalue weighted by atomic mass is 10.1. The fourth-order valence-corrected chi connectivity index (χ4v) is 3.86. The number of anilines is 1. The molecule has 1 aromatic heterocycles. The van der Waals surface area contributed by atoms with E-state index < -0.39 is 5.97 Å². The molecule has 0 spiro atoms. The normalized spacial score (nSPS) is 18.0. The number of carbonyl (C=O) groups is 1. The van der Waals surface area contributed by atoms with Gasteiger partial charge >= 0.3 is 5.97 Å². The van der Waals surface area contributed by atoms with E-state index in [1.807, 2.05) is 18.2 Å². The van der Waals surface area contributed by atoms with Gasteiger partial charge in [0.15, 0.2) is 17.3 Å². The van der Waals surface area contributed by atoms with Crippen molar-refractivity contribution in [3.8, 4) is 22.8 Å². The Morgan fingerprint density at radius 3 is 2.75 bits per heavy atom. The number of carboxylic acid groups (broad SMARTS) is 1. The van der Waals surface area contributed by atoms with Crippen LogP contribution >= 0.6 is 0 Å². The maximum absolute atomic E-state index is 11.4. The smallest absolute Gasteiger partial charge is 0.335 e. The summed E-state index contributed by atoms with van der Waals surface area (Å²) in [6.07, 6.45) is 2.19. The number of hydrogen-bond donors (Lipinski definition) is 1. The van der Waals surface area contributed by atoms with Gasteiger partial charge in [-0.15, -0.1) is 0 Å². The van der Waals surface area contributed by atoms with Crippen molar-refractivity contribution in [3.63, 3.8) is 0 Å². The molecule has 0 radical (unpaired) electrons. The first-order chi connectivity index (χ1) is 13.6. The summed E-state index contributed by atoms with van der Waals surface area (Å²) in [7, 11) is 0. The highest BCUT2D eigenvalue weighted by atomic mass is 16.7. The molecule has 2 aliphatic rings. The van der Waals surface area contributed by atoms with Crippen LogP contribution in [0.3, 0.4) is 0 Å². The number of fused-ring (bicyclic) bond motifs is 2. The minimum Gasteiger partial charge on any atom is -0.478 e. The molecule has 1 unspecified atom stereocenters. The van der Waals surface area contributed by atoms with Crippen molar-refractivity contribution in [2.45, 2.75) is 25.8 Å². The second-order valence-electron chi connectivity index (χ2n) is 7.16. The predicted octanol–water partition coefficient (Wildman–Crippen LogP) is 3.71. The molecule has 1 fully saturated rings. The van der Waals surface area contributed by atoms with Gasteiger partial charge in [0.25, 0.3) is 0 Å². The lowest BCUT2D eigenvalue weighted by Crippen LogP contribution is -2.28. The second-order valence-corrected chi connectivity index (χ2v) is 7.16. The first-order valence-corrected chi connectivity index (χ1v) is 9.32. The molecule has 28 heavy (non-hydrogen) atoms. The first kappa shape index (κ1) is 16.8. The van der Waals surface area contributed by atoms with E-state index in [2.05, 4.69) is 11.8 Å². The SMILES string of the molecule is CC1CCCN1c1nc2cc(C(=O)O)ccc2nc1-c1ccc2c(c1)OCO2. The van der Waals surface area contributed by atoms with Gasteiger partial charge in [-0.2, -0.15) is 0 Å². The topological polar surface area (TPSA) is 84.8 Å². The van der Waals surface area contributed by atoms with E-state index in [9.17, 15) is 9.90 Å². The van der Waals surface area contributed by atoms with Crippen LogP contribution in [0.25, 0.3) is 22.3 Å². The van der Waals surface area contributed by atoms with E-state index in [0.29, 0.717) is 22.8 Å². The highest BCUT2D eigenvalue weighted by molar-refractivity contribution is 5.93. The summed E-state index contributed by atoms with van der Waals surface area (Å²) in [4.78, 5) is 23.3. The van der Waals surface area contributed by atoms with Crippen molar-refractivity contribution in [2.75, 3.05) is 18.2 Å². The fraction of sp³-hybridized carbons (Fsp3) is 0.286. The van der Waals surface area contributed by atoms with Crippen molar-refractivity contribution >= 4 is 22.8 Å². The average molecular weight is 377 g/mol. The third-order valence-corrected chi connectivity index (χ3v) is 5.36. The molecule has 0 saturated carbocycles. The van der Waals surface area contributed by atoms with Crippen LogP contribution in [0.2, 0.25) is 0 Å². The lowest BCUT2D eigenvalue weighted by molar-refractivity contribution is 0.0697. The maximum atomic E-state index is 11.4. The molecule has 1 saturated heterocycles. The monoisotopic (exact) mass is 377 g/mol. The maximum Gasteiger partial charge on any atom is 0.335 e. The molecule has 1 N–H and O–H groups in total. The van der Waals surface area contributed by atoms with E-state index in [-0.39, 0.29) is 12.4 Å². The third-order valence-electron chi connectivity index (χ3n) is 5.36. The molecule has 7 heteroatoms. The Kier molecular flexibility index (Phi) is 3.82. The fourth-order valence-electron chi connectivity index (χ4n) is 3.86. The van der Waals surface area contributed by atoms with Gasteiger partial charge in [-0.1, -0.05) is 0 Å². The second kappa shape index (κ2) is 6.37. The number of nitrogens with zero attached hydrogens (tertiary/aromatic N) is 3. The minimum atomic E-state index is -0.973. The predicted molar refractivity (Wildman–Crippen MR) is 104 cm³/mol. The molecule has 2 aromatic carbocycles. The van der Waals surface area contributed by atoms with Crippen molar-refractivity contribution < 1.29 is 19.4 Å². The zero-order valence-electron chi connectivity index (χ0n) is 15.4. The van der Waals surface area contributed by atoms with Crippen LogP contribution in [0, 0.1) is 0 Å². The van der Waals surface area contributed by atoms with Gasteiger partial charge in [0.05, 0.1) is 16.6 Å². The molecule has 142 valence electrons. The van der Waals surface area contributed by atoms with Crippen molar-refractivity contribution in [2.24, 2.45) is 0 Å². The van der Waals surface area contributed by atoms with Gasteiger partial charge in [0.1, 0.15) is 5.69 Å². The van der Waals surface area contributed by atoms with Crippen LogP contribution in [-0.2, 0) is 0 Å². The number of ether oxygens (including phenoxy) is 2. The Labute approximate surface area is 161 Å². The van der Waals surface area contributed by atoms with E-state index in [1.54, 1.807) is 18.2 Å². The molecule has 1 atom stereocenters. The number of aromatic carboxylic acids is 1. The Morgan fingerprint density at radius 2 is 1.96 bits per heavy atom. The average Bonchev–Trinajstić information content (AvgIpc) is 3.34. The molecule has 3 aromatic rings. The molecule has 0 bridgehead atoms. The molecule has 5 rings (SSSR count). The van der Waals surface area contributed by atoms with Gasteiger partial charge < -0.3 is 19.5 Å². The van der Waals surface area contributed by atoms with Crippen molar-refractivity contribution in [1.29, 1.82) is 0 Å². The van der Waals surface area contributed by atoms with Crippen molar-refractivity contribution in [3.05, 3.63) is 42.0 Å². The third kappa shape index (κ3) is 2.70. The zero-order chi connectivity index (χ0) is 19.3. The van der Waals surface area contributed by atoms with Crippen LogP contribution < -0.4 is 14.4 Å². The standard InChI is InChI=1S/C21H19N3O4/c1-12-3-2-8-24(12)20-19(13-5-7-17-18(10-13)28-11-27-17)22-15-6-4-14(21(25)26)9-16(15)23-20/h4-7,9-10,12H,2-3,8,11H2,1H3,(H,25,26). The first-order valence-electron chi connectivity index (χ1n) is 9.32. The summed E-state index contributed by atoms with van der Waals surface area (Å²) in [6.45, 7) is 3.30. The summed E-state index contributed by atoms with van der Waals surface area (Å²) in [5, 5.41) is 9.31. The largest absolute Gasteiger partial charge is 0.478 e.